The highest BCUT2D eigenvalue weighted by Gasteiger charge is 2.72. The Labute approximate surface area is 379 Å². The smallest absolute Gasteiger partial charge is 0.309 e. The van der Waals surface area contributed by atoms with Crippen LogP contribution in [0.5, 0.6) is 0 Å². The van der Waals surface area contributed by atoms with Crippen LogP contribution in [0.3, 0.4) is 0 Å². The van der Waals surface area contributed by atoms with Crippen molar-refractivity contribution >= 4 is 43.6 Å². The second-order valence-corrected chi connectivity index (χ2v) is 22.3. The minimum atomic E-state index is -5.82. The fourth-order valence-electron chi connectivity index (χ4n) is 9.57. The Morgan fingerprint density at radius 1 is 0.308 bits per heavy atom. The number of halogens is 6. The van der Waals surface area contributed by atoms with E-state index in [1.54, 1.807) is 13.8 Å². The maximum Gasteiger partial charge on any atom is 0.411 e. The van der Waals surface area contributed by atoms with E-state index in [0.29, 0.717) is 33.2 Å². The number of rotatable bonds is 4. The highest BCUT2D eigenvalue weighted by molar-refractivity contribution is 6.11. The minimum absolute atomic E-state index is 0.247. The molecule has 8 aromatic rings. The van der Waals surface area contributed by atoms with Crippen molar-refractivity contribution in [3.63, 3.8) is 0 Å². The molecule has 0 saturated carbocycles. The van der Waals surface area contributed by atoms with Gasteiger partial charge in [-0.15, -0.1) is 0 Å². The molecule has 8 heteroatoms. The van der Waals surface area contributed by atoms with Crippen LogP contribution in [0.1, 0.15) is 128 Å². The van der Waals surface area contributed by atoms with Crippen molar-refractivity contribution in [2.75, 3.05) is 0 Å². The van der Waals surface area contributed by atoms with Crippen LogP contribution in [0.4, 0.5) is 26.3 Å². The molecule has 0 aliphatic carbocycles. The molecule has 0 aliphatic heterocycles. The zero-order valence-corrected chi connectivity index (χ0v) is 40.1. The normalized spacial score (nSPS) is 13.8. The van der Waals surface area contributed by atoms with E-state index in [1.165, 1.54) is 12.1 Å². The molecule has 0 radical (unpaired) electrons. The van der Waals surface area contributed by atoms with E-state index < -0.39 is 28.9 Å². The van der Waals surface area contributed by atoms with Crippen LogP contribution >= 0.6 is 0 Å². The molecule has 0 bridgehead atoms. The Morgan fingerprint density at radius 2 is 0.538 bits per heavy atom. The van der Waals surface area contributed by atoms with Crippen LogP contribution in [0, 0.1) is 13.8 Å². The summed E-state index contributed by atoms with van der Waals surface area (Å²) >= 11 is 0. The molecule has 0 spiro atoms. The molecule has 8 rings (SSSR count). The van der Waals surface area contributed by atoms with E-state index in [4.69, 9.17) is 0 Å². The SMILES string of the molecule is Cc1ccc(C(c2ccc(C)c(-n3c4cc(C(C)(C)C)ccc4c4ccc(C(C)(C)C)cc43)c2)(C(F)(F)F)C(F)(F)F)cc1-n1c2cc(C(C)(C)C)ccc2c2ccc(C(C)(C)C)cc21. The summed E-state index contributed by atoms with van der Waals surface area (Å²) in [4.78, 5) is 0. The molecule has 0 N–H and O–H groups in total. The minimum Gasteiger partial charge on any atom is -0.309 e. The maximum absolute atomic E-state index is 16.4. The van der Waals surface area contributed by atoms with Gasteiger partial charge in [0, 0.05) is 32.9 Å². The number of fused-ring (bicyclic) bond motifs is 6. The summed E-state index contributed by atoms with van der Waals surface area (Å²) in [5, 5.41) is 3.43. The van der Waals surface area contributed by atoms with Gasteiger partial charge in [0.2, 0.25) is 5.41 Å². The third-order valence-corrected chi connectivity index (χ3v) is 13.6. The molecule has 0 amide bonds. The maximum atomic E-state index is 16.4. The summed E-state index contributed by atoms with van der Waals surface area (Å²) in [6.07, 6.45) is -11.6. The first-order chi connectivity index (χ1) is 29.9. The summed E-state index contributed by atoms with van der Waals surface area (Å²) in [5.41, 5.74) is 0.959. The fourth-order valence-corrected chi connectivity index (χ4v) is 9.57. The lowest BCUT2D eigenvalue weighted by atomic mass is 9.72. The van der Waals surface area contributed by atoms with Gasteiger partial charge >= 0.3 is 12.4 Å². The van der Waals surface area contributed by atoms with Gasteiger partial charge in [0.1, 0.15) is 0 Å². The molecule has 0 saturated heterocycles. The van der Waals surface area contributed by atoms with Crippen LogP contribution in [0.25, 0.3) is 55.0 Å². The van der Waals surface area contributed by atoms with E-state index in [0.717, 1.165) is 68.1 Å². The van der Waals surface area contributed by atoms with Gasteiger partial charge in [0.05, 0.1) is 22.1 Å². The van der Waals surface area contributed by atoms with Gasteiger partial charge in [-0.2, -0.15) is 26.3 Å². The van der Waals surface area contributed by atoms with Gasteiger partial charge in [-0.25, -0.2) is 0 Å². The van der Waals surface area contributed by atoms with Crippen molar-refractivity contribution in [2.45, 2.75) is 136 Å². The zero-order valence-electron chi connectivity index (χ0n) is 40.1. The monoisotopic (exact) mass is 886 g/mol. The summed E-state index contributed by atoms with van der Waals surface area (Å²) in [7, 11) is 0. The number of hydrogen-bond acceptors (Lipinski definition) is 0. The van der Waals surface area contributed by atoms with Crippen LogP contribution in [-0.2, 0) is 27.1 Å². The first-order valence-corrected chi connectivity index (χ1v) is 22.4. The number of hydrogen-bond donors (Lipinski definition) is 0. The lowest BCUT2D eigenvalue weighted by Gasteiger charge is -2.39. The molecule has 0 atom stereocenters. The predicted molar refractivity (Wildman–Crippen MR) is 259 cm³/mol. The van der Waals surface area contributed by atoms with Crippen LogP contribution in [0.2, 0.25) is 0 Å². The first-order valence-electron chi connectivity index (χ1n) is 22.4. The van der Waals surface area contributed by atoms with E-state index in [2.05, 4.69) is 83.1 Å². The Kier molecular flexibility index (Phi) is 10.5. The third kappa shape index (κ3) is 7.43. The van der Waals surface area contributed by atoms with Crippen molar-refractivity contribution in [3.05, 3.63) is 154 Å². The molecule has 6 aromatic carbocycles. The van der Waals surface area contributed by atoms with Crippen LogP contribution < -0.4 is 0 Å². The van der Waals surface area contributed by atoms with Crippen molar-refractivity contribution in [2.24, 2.45) is 0 Å². The molecule has 0 unspecified atom stereocenters. The number of aryl methyl sites for hydroxylation is 2. The Balaban J connectivity index is 1.47. The number of alkyl halides is 6. The predicted octanol–water partition coefficient (Wildman–Crippen LogP) is 17.1. The zero-order chi connectivity index (χ0) is 47.8. The first kappa shape index (κ1) is 46.0. The van der Waals surface area contributed by atoms with Gasteiger partial charge in [0.25, 0.3) is 0 Å². The lowest BCUT2D eigenvalue weighted by molar-refractivity contribution is -0.288. The van der Waals surface area contributed by atoms with E-state index in [9.17, 15) is 0 Å². The van der Waals surface area contributed by atoms with Gasteiger partial charge in [-0.3, -0.25) is 0 Å². The summed E-state index contributed by atoms with van der Waals surface area (Å²) in [5.74, 6) is 0. The molecule has 2 heterocycles. The standard InChI is InChI=1S/C57H60F6N2/c1-33-15-17-39(31-45(33)64-47-27-35(51(3,4)5)19-23-41(47)42-24-20-36(28-48(42)64)52(6,7)8)55(56(58,59)60,57(61,62)63)40-18-16-34(2)46(32-40)65-49-29-37(53(9,10)11)21-25-43(49)44-26-22-38(30-50(44)65)54(12,13)14/h15-32H,1-14H3. The molecule has 340 valence electrons. The summed E-state index contributed by atoms with van der Waals surface area (Å²) in [6, 6.07) is 31.4. The molecule has 0 aliphatic rings. The second-order valence-electron chi connectivity index (χ2n) is 22.3. The van der Waals surface area contributed by atoms with Crippen molar-refractivity contribution in [1.82, 2.24) is 9.13 Å². The van der Waals surface area contributed by atoms with Crippen molar-refractivity contribution in [1.29, 1.82) is 0 Å². The van der Waals surface area contributed by atoms with E-state index in [1.807, 2.05) is 81.9 Å². The summed E-state index contributed by atoms with van der Waals surface area (Å²) < 4.78 is 102. The largest absolute Gasteiger partial charge is 0.411 e. The van der Waals surface area contributed by atoms with Gasteiger partial charge in [-0.05, 0) is 116 Å². The quantitative estimate of drug-likeness (QED) is 0.156. The Bertz CT molecular complexity index is 2820. The Hall–Kier alpha value is -5.50. The highest BCUT2D eigenvalue weighted by Crippen LogP contribution is 2.57. The van der Waals surface area contributed by atoms with Gasteiger partial charge in [0.15, 0.2) is 0 Å². The molecular weight excluding hydrogens is 827 g/mol. The molecule has 2 nitrogen and oxygen atoms in total. The highest BCUT2D eigenvalue weighted by atomic mass is 19.4. The topological polar surface area (TPSA) is 9.86 Å². The molecule has 0 fully saturated rings. The number of benzene rings is 6. The lowest BCUT2D eigenvalue weighted by Crippen LogP contribution is -2.54. The second kappa shape index (κ2) is 14.8. The number of aromatic nitrogens is 2. The average molecular weight is 887 g/mol. The molecule has 2 aromatic heterocycles. The van der Waals surface area contributed by atoms with Crippen molar-refractivity contribution in [3.8, 4) is 11.4 Å². The average Bonchev–Trinajstić information content (AvgIpc) is 3.68. The van der Waals surface area contributed by atoms with Crippen LogP contribution in [0.15, 0.2) is 109 Å². The summed E-state index contributed by atoms with van der Waals surface area (Å²) in [6.45, 7) is 28.4. The fraction of sp³-hybridized carbons (Fsp3) is 0.368. The Morgan fingerprint density at radius 3 is 0.754 bits per heavy atom. The number of nitrogens with zero attached hydrogens (tertiary/aromatic N) is 2. The van der Waals surface area contributed by atoms with E-state index >= 15 is 26.3 Å². The molecular formula is C57H60F6N2. The van der Waals surface area contributed by atoms with Crippen LogP contribution in [-0.4, -0.2) is 21.5 Å². The van der Waals surface area contributed by atoms with Crippen molar-refractivity contribution < 1.29 is 26.3 Å². The third-order valence-electron chi connectivity index (χ3n) is 13.6. The van der Waals surface area contributed by atoms with Gasteiger partial charge in [-0.1, -0.05) is 156 Å². The van der Waals surface area contributed by atoms with E-state index in [-0.39, 0.29) is 33.0 Å². The van der Waals surface area contributed by atoms with Gasteiger partial charge < -0.3 is 9.13 Å². The molecule has 65 heavy (non-hydrogen) atoms.